The van der Waals surface area contributed by atoms with Gasteiger partial charge in [-0.3, -0.25) is 4.79 Å². The van der Waals surface area contributed by atoms with Gasteiger partial charge in [-0.2, -0.15) is 0 Å². The number of piperidine rings is 1. The molecular formula is C10H20N2O. The van der Waals surface area contributed by atoms with E-state index >= 15 is 0 Å². The molecule has 1 fully saturated rings. The van der Waals surface area contributed by atoms with E-state index in [2.05, 4.69) is 17.6 Å². The molecule has 1 amide bonds. The third-order valence-corrected chi connectivity index (χ3v) is 2.82. The van der Waals surface area contributed by atoms with Gasteiger partial charge in [0.1, 0.15) is 0 Å². The fourth-order valence-electron chi connectivity index (χ4n) is 1.90. The van der Waals surface area contributed by atoms with Crippen LogP contribution in [0.1, 0.15) is 32.6 Å². The first-order valence-electron chi connectivity index (χ1n) is 5.18. The van der Waals surface area contributed by atoms with Crippen molar-refractivity contribution < 1.29 is 4.79 Å². The first-order valence-corrected chi connectivity index (χ1v) is 5.18. The molecule has 0 aromatic heterocycles. The average molecular weight is 184 g/mol. The molecule has 2 atom stereocenters. The normalized spacial score (nSPS) is 25.2. The quantitative estimate of drug-likeness (QED) is 0.684. The lowest BCUT2D eigenvalue weighted by Gasteiger charge is -2.28. The van der Waals surface area contributed by atoms with Crippen molar-refractivity contribution in [2.24, 2.45) is 5.92 Å². The number of hydrogen-bond acceptors (Lipinski definition) is 2. The zero-order valence-corrected chi connectivity index (χ0v) is 8.60. The van der Waals surface area contributed by atoms with Crippen molar-refractivity contribution in [1.29, 1.82) is 0 Å². The molecule has 1 rings (SSSR count). The summed E-state index contributed by atoms with van der Waals surface area (Å²) in [6.45, 7) is 3.26. The van der Waals surface area contributed by atoms with Gasteiger partial charge in [-0.05, 0) is 25.3 Å². The highest BCUT2D eigenvalue weighted by Gasteiger charge is 2.20. The Morgan fingerprint density at radius 2 is 2.38 bits per heavy atom. The van der Waals surface area contributed by atoms with E-state index in [1.54, 1.807) is 7.05 Å². The maximum Gasteiger partial charge on any atom is 0.220 e. The monoisotopic (exact) mass is 184 g/mol. The van der Waals surface area contributed by atoms with Crippen molar-refractivity contribution in [2.75, 3.05) is 13.6 Å². The van der Waals surface area contributed by atoms with Gasteiger partial charge < -0.3 is 10.6 Å². The molecule has 1 aliphatic heterocycles. The lowest BCUT2D eigenvalue weighted by Crippen LogP contribution is -2.40. The summed E-state index contributed by atoms with van der Waals surface area (Å²) in [5, 5.41) is 6.14. The third kappa shape index (κ3) is 3.35. The summed E-state index contributed by atoms with van der Waals surface area (Å²) in [6, 6.07) is 0.547. The highest BCUT2D eigenvalue weighted by Crippen LogP contribution is 2.17. The summed E-state index contributed by atoms with van der Waals surface area (Å²) in [7, 11) is 1.70. The van der Waals surface area contributed by atoms with E-state index in [0.29, 0.717) is 18.4 Å². The minimum atomic E-state index is 0.153. The number of carbonyl (C=O) groups is 1. The minimum absolute atomic E-state index is 0.153. The molecule has 3 nitrogen and oxygen atoms in total. The topological polar surface area (TPSA) is 41.1 Å². The number of amides is 1. The van der Waals surface area contributed by atoms with Crippen molar-refractivity contribution in [1.82, 2.24) is 10.6 Å². The van der Waals surface area contributed by atoms with E-state index in [1.807, 2.05) is 0 Å². The average Bonchev–Trinajstić information content (AvgIpc) is 2.19. The Kier molecular flexibility index (Phi) is 4.22. The van der Waals surface area contributed by atoms with Crippen LogP contribution in [0.25, 0.3) is 0 Å². The molecule has 0 aromatic carbocycles. The Morgan fingerprint density at radius 1 is 1.62 bits per heavy atom. The van der Waals surface area contributed by atoms with Gasteiger partial charge in [0.05, 0.1) is 0 Å². The van der Waals surface area contributed by atoms with Crippen molar-refractivity contribution in [3.8, 4) is 0 Å². The van der Waals surface area contributed by atoms with E-state index in [4.69, 9.17) is 0 Å². The van der Waals surface area contributed by atoms with Crippen LogP contribution in [0.15, 0.2) is 0 Å². The molecule has 1 aliphatic rings. The molecule has 2 N–H and O–H groups in total. The SMILES string of the molecule is CNC(=O)C[C@@H](C)[C@H]1CCCCN1. The number of carbonyl (C=O) groups excluding carboxylic acids is 1. The summed E-state index contributed by atoms with van der Waals surface area (Å²) < 4.78 is 0. The Labute approximate surface area is 80.3 Å². The van der Waals surface area contributed by atoms with Gasteiger partial charge in [-0.25, -0.2) is 0 Å². The van der Waals surface area contributed by atoms with Crippen LogP contribution in [-0.4, -0.2) is 25.5 Å². The minimum Gasteiger partial charge on any atom is -0.359 e. The van der Waals surface area contributed by atoms with Gasteiger partial charge in [0.15, 0.2) is 0 Å². The third-order valence-electron chi connectivity index (χ3n) is 2.82. The van der Waals surface area contributed by atoms with Crippen LogP contribution in [-0.2, 0) is 4.79 Å². The zero-order valence-electron chi connectivity index (χ0n) is 8.60. The predicted molar refractivity (Wildman–Crippen MR) is 53.5 cm³/mol. The molecule has 0 saturated carbocycles. The predicted octanol–water partition coefficient (Wildman–Crippen LogP) is 0.901. The van der Waals surface area contributed by atoms with Gasteiger partial charge in [-0.1, -0.05) is 13.3 Å². The molecule has 0 aliphatic carbocycles. The fourth-order valence-corrected chi connectivity index (χ4v) is 1.90. The van der Waals surface area contributed by atoms with Gasteiger partial charge in [0.25, 0.3) is 0 Å². The highest BCUT2D eigenvalue weighted by atomic mass is 16.1. The van der Waals surface area contributed by atoms with Crippen molar-refractivity contribution in [2.45, 2.75) is 38.6 Å². The van der Waals surface area contributed by atoms with Crippen molar-refractivity contribution >= 4 is 5.91 Å². The Morgan fingerprint density at radius 3 is 2.92 bits per heavy atom. The lowest BCUT2D eigenvalue weighted by atomic mass is 9.91. The van der Waals surface area contributed by atoms with Gasteiger partial charge >= 0.3 is 0 Å². The van der Waals surface area contributed by atoms with E-state index in [9.17, 15) is 4.79 Å². The Balaban J connectivity index is 2.28. The molecule has 13 heavy (non-hydrogen) atoms. The molecule has 0 aromatic rings. The summed E-state index contributed by atoms with van der Waals surface area (Å²) in [6.07, 6.45) is 4.45. The lowest BCUT2D eigenvalue weighted by molar-refractivity contribution is -0.121. The van der Waals surface area contributed by atoms with E-state index < -0.39 is 0 Å². The van der Waals surface area contributed by atoms with E-state index in [-0.39, 0.29) is 5.91 Å². The maximum absolute atomic E-state index is 11.1. The first kappa shape index (κ1) is 10.5. The van der Waals surface area contributed by atoms with Gasteiger partial charge in [0, 0.05) is 19.5 Å². The van der Waals surface area contributed by atoms with Crippen LogP contribution >= 0.6 is 0 Å². The van der Waals surface area contributed by atoms with Crippen LogP contribution < -0.4 is 10.6 Å². The van der Waals surface area contributed by atoms with Crippen LogP contribution in [0, 0.1) is 5.92 Å². The summed E-state index contributed by atoms with van der Waals surface area (Å²) in [5.74, 6) is 0.611. The number of rotatable bonds is 3. The van der Waals surface area contributed by atoms with Crippen LogP contribution in [0.4, 0.5) is 0 Å². The molecule has 1 saturated heterocycles. The summed E-state index contributed by atoms with van der Waals surface area (Å²) in [5.41, 5.74) is 0. The molecular weight excluding hydrogens is 164 g/mol. The molecule has 0 radical (unpaired) electrons. The largest absolute Gasteiger partial charge is 0.359 e. The van der Waals surface area contributed by atoms with Gasteiger partial charge in [0.2, 0.25) is 5.91 Å². The van der Waals surface area contributed by atoms with Crippen LogP contribution in [0.3, 0.4) is 0 Å². The van der Waals surface area contributed by atoms with E-state index in [0.717, 1.165) is 6.54 Å². The smallest absolute Gasteiger partial charge is 0.220 e. The number of hydrogen-bond donors (Lipinski definition) is 2. The summed E-state index contributed by atoms with van der Waals surface area (Å²) >= 11 is 0. The molecule has 0 bridgehead atoms. The van der Waals surface area contributed by atoms with Crippen molar-refractivity contribution in [3.63, 3.8) is 0 Å². The second-order valence-corrected chi connectivity index (χ2v) is 3.91. The molecule has 76 valence electrons. The highest BCUT2D eigenvalue weighted by molar-refractivity contribution is 5.75. The zero-order chi connectivity index (χ0) is 9.68. The first-order chi connectivity index (χ1) is 6.24. The Hall–Kier alpha value is -0.570. The molecule has 3 heteroatoms. The second kappa shape index (κ2) is 5.22. The van der Waals surface area contributed by atoms with Gasteiger partial charge in [-0.15, -0.1) is 0 Å². The standard InChI is InChI=1S/C10H20N2O/c1-8(7-10(13)11-2)9-5-3-4-6-12-9/h8-9,12H,3-7H2,1-2H3,(H,11,13)/t8-,9-/m1/s1. The number of nitrogens with one attached hydrogen (secondary N) is 2. The fraction of sp³-hybridized carbons (Fsp3) is 0.900. The summed E-state index contributed by atoms with van der Waals surface area (Å²) in [4.78, 5) is 11.1. The molecule has 0 unspecified atom stereocenters. The molecule has 1 heterocycles. The second-order valence-electron chi connectivity index (χ2n) is 3.91. The van der Waals surface area contributed by atoms with Crippen LogP contribution in [0.2, 0.25) is 0 Å². The van der Waals surface area contributed by atoms with Crippen molar-refractivity contribution in [3.05, 3.63) is 0 Å². The maximum atomic E-state index is 11.1. The van der Waals surface area contributed by atoms with Crippen LogP contribution in [0.5, 0.6) is 0 Å². The Bertz CT molecular complexity index is 164. The van der Waals surface area contributed by atoms with E-state index in [1.165, 1.54) is 19.3 Å². The molecule has 0 spiro atoms.